The predicted octanol–water partition coefficient (Wildman–Crippen LogP) is 3.49. The van der Waals surface area contributed by atoms with Crippen LogP contribution < -0.4 is 10.6 Å². The van der Waals surface area contributed by atoms with Gasteiger partial charge < -0.3 is 24.4 Å². The van der Waals surface area contributed by atoms with E-state index in [1.54, 1.807) is 41.8 Å². The first-order valence-corrected chi connectivity index (χ1v) is 11.5. The van der Waals surface area contributed by atoms with E-state index in [-0.39, 0.29) is 30.9 Å². The number of amides is 3. The van der Waals surface area contributed by atoms with Gasteiger partial charge in [0, 0.05) is 6.04 Å². The van der Waals surface area contributed by atoms with Crippen molar-refractivity contribution in [2.45, 2.75) is 44.3 Å². The SMILES string of the molecule is O=C(NCC(=O)N(Cc1ccco1)C(C(=O)NC1CCCC1)c1ccco1)c1cccs1. The molecular weight excluding hydrogens is 430 g/mol. The van der Waals surface area contributed by atoms with Gasteiger partial charge in [0.2, 0.25) is 5.91 Å². The van der Waals surface area contributed by atoms with Gasteiger partial charge in [0.25, 0.3) is 11.8 Å². The lowest BCUT2D eigenvalue weighted by Crippen LogP contribution is -2.48. The van der Waals surface area contributed by atoms with E-state index in [9.17, 15) is 14.4 Å². The molecule has 0 aliphatic heterocycles. The standard InChI is InChI=1S/C23H25N3O5S/c27-20(14-24-22(28)19-10-5-13-32-19)26(15-17-8-3-11-30-17)21(18-9-4-12-31-18)23(29)25-16-6-1-2-7-16/h3-5,8-13,16,21H,1-2,6-7,14-15H2,(H,24,28)(H,25,29). The molecule has 32 heavy (non-hydrogen) atoms. The highest BCUT2D eigenvalue weighted by Gasteiger charge is 2.35. The quantitative estimate of drug-likeness (QED) is 0.514. The number of carbonyl (C=O) groups excluding carboxylic acids is 3. The summed E-state index contributed by atoms with van der Waals surface area (Å²) in [7, 11) is 0. The molecule has 0 spiro atoms. The number of hydrogen-bond acceptors (Lipinski definition) is 6. The lowest BCUT2D eigenvalue weighted by molar-refractivity contribution is -0.142. The van der Waals surface area contributed by atoms with Crippen molar-refractivity contribution in [3.05, 3.63) is 70.7 Å². The Labute approximate surface area is 189 Å². The van der Waals surface area contributed by atoms with Crippen LogP contribution in [0.25, 0.3) is 0 Å². The third kappa shape index (κ3) is 5.28. The predicted molar refractivity (Wildman–Crippen MR) is 118 cm³/mol. The fourth-order valence-electron chi connectivity index (χ4n) is 3.87. The fourth-order valence-corrected chi connectivity index (χ4v) is 4.51. The Kier molecular flexibility index (Phi) is 7.06. The Morgan fingerprint density at radius 2 is 1.84 bits per heavy atom. The van der Waals surface area contributed by atoms with Crippen LogP contribution in [-0.2, 0) is 16.1 Å². The van der Waals surface area contributed by atoms with Crippen LogP contribution in [-0.4, -0.2) is 35.2 Å². The Bertz CT molecular complexity index is 1010. The number of rotatable bonds is 9. The molecule has 1 aliphatic rings. The van der Waals surface area contributed by atoms with Crippen molar-refractivity contribution in [3.8, 4) is 0 Å². The smallest absolute Gasteiger partial charge is 0.261 e. The summed E-state index contributed by atoms with van der Waals surface area (Å²) in [5, 5.41) is 7.50. The summed E-state index contributed by atoms with van der Waals surface area (Å²) in [5.41, 5.74) is 0. The molecule has 3 aromatic heterocycles. The van der Waals surface area contributed by atoms with Crippen molar-refractivity contribution >= 4 is 29.1 Å². The Morgan fingerprint density at radius 3 is 2.50 bits per heavy atom. The van der Waals surface area contributed by atoms with Crippen LogP contribution in [0.1, 0.15) is 52.9 Å². The van der Waals surface area contributed by atoms with Crippen LogP contribution in [0.5, 0.6) is 0 Å². The van der Waals surface area contributed by atoms with Crippen LogP contribution in [0.15, 0.2) is 63.1 Å². The van der Waals surface area contributed by atoms with Gasteiger partial charge in [-0.25, -0.2) is 0 Å². The summed E-state index contributed by atoms with van der Waals surface area (Å²) in [5.74, 6) is -0.194. The maximum atomic E-state index is 13.3. The monoisotopic (exact) mass is 455 g/mol. The Hall–Kier alpha value is -3.33. The van der Waals surface area contributed by atoms with E-state index in [0.29, 0.717) is 16.4 Å². The zero-order chi connectivity index (χ0) is 22.3. The molecule has 1 atom stereocenters. The van der Waals surface area contributed by atoms with Crippen LogP contribution in [0.2, 0.25) is 0 Å². The van der Waals surface area contributed by atoms with Crippen LogP contribution in [0.3, 0.4) is 0 Å². The second-order valence-electron chi connectivity index (χ2n) is 7.67. The minimum absolute atomic E-state index is 0.0597. The summed E-state index contributed by atoms with van der Waals surface area (Å²) < 4.78 is 11.0. The topological polar surface area (TPSA) is 105 Å². The molecule has 168 valence electrons. The second-order valence-corrected chi connectivity index (χ2v) is 8.62. The molecule has 3 amide bonds. The highest BCUT2D eigenvalue weighted by molar-refractivity contribution is 7.12. The number of carbonyl (C=O) groups is 3. The zero-order valence-corrected chi connectivity index (χ0v) is 18.3. The average molecular weight is 456 g/mol. The second kappa shape index (κ2) is 10.3. The van der Waals surface area contributed by atoms with Crippen LogP contribution >= 0.6 is 11.3 Å². The fraction of sp³-hybridized carbons (Fsp3) is 0.348. The molecule has 1 saturated carbocycles. The third-order valence-electron chi connectivity index (χ3n) is 5.45. The minimum atomic E-state index is -0.984. The van der Waals surface area contributed by atoms with Gasteiger partial charge in [-0.05, 0) is 48.6 Å². The molecule has 1 aliphatic carbocycles. The van der Waals surface area contributed by atoms with Gasteiger partial charge in [-0.2, -0.15) is 0 Å². The number of nitrogens with one attached hydrogen (secondary N) is 2. The van der Waals surface area contributed by atoms with Crippen LogP contribution in [0.4, 0.5) is 0 Å². The number of hydrogen-bond donors (Lipinski definition) is 2. The molecule has 0 aromatic carbocycles. The molecule has 2 N–H and O–H groups in total. The van der Waals surface area contributed by atoms with Gasteiger partial charge in [-0.1, -0.05) is 18.9 Å². The molecular formula is C23H25N3O5S. The average Bonchev–Trinajstić information content (AvgIpc) is 3.59. The molecule has 8 nitrogen and oxygen atoms in total. The van der Waals surface area contributed by atoms with Gasteiger partial charge in [0.15, 0.2) is 6.04 Å². The van der Waals surface area contributed by atoms with E-state index in [1.165, 1.54) is 28.8 Å². The maximum absolute atomic E-state index is 13.3. The number of furan rings is 2. The Balaban J connectivity index is 1.55. The van der Waals surface area contributed by atoms with Crippen LogP contribution in [0, 0.1) is 0 Å². The van der Waals surface area contributed by atoms with E-state index in [2.05, 4.69) is 10.6 Å². The zero-order valence-electron chi connectivity index (χ0n) is 17.5. The molecule has 3 heterocycles. The van der Waals surface area contributed by atoms with Crippen molar-refractivity contribution < 1.29 is 23.2 Å². The summed E-state index contributed by atoms with van der Waals surface area (Å²) >= 11 is 1.29. The number of nitrogens with zero attached hydrogens (tertiary/aromatic N) is 1. The van der Waals surface area contributed by atoms with Gasteiger partial charge in [0.05, 0.1) is 30.5 Å². The van der Waals surface area contributed by atoms with Crippen molar-refractivity contribution in [2.75, 3.05) is 6.54 Å². The van der Waals surface area contributed by atoms with E-state index >= 15 is 0 Å². The summed E-state index contributed by atoms with van der Waals surface area (Å²) in [6.07, 6.45) is 6.95. The minimum Gasteiger partial charge on any atom is -0.467 e. The molecule has 9 heteroatoms. The van der Waals surface area contributed by atoms with Crippen molar-refractivity contribution in [1.29, 1.82) is 0 Å². The van der Waals surface area contributed by atoms with Crippen molar-refractivity contribution in [1.82, 2.24) is 15.5 Å². The van der Waals surface area contributed by atoms with E-state index in [0.717, 1.165) is 25.7 Å². The van der Waals surface area contributed by atoms with Gasteiger partial charge in [-0.15, -0.1) is 11.3 Å². The molecule has 0 bridgehead atoms. The molecule has 1 fully saturated rings. The normalized spacial score (nSPS) is 14.8. The molecule has 3 aromatic rings. The van der Waals surface area contributed by atoms with Crippen molar-refractivity contribution in [2.24, 2.45) is 0 Å². The summed E-state index contributed by atoms with van der Waals surface area (Å²) in [6, 6.07) is 9.36. The summed E-state index contributed by atoms with van der Waals surface area (Å²) in [6.45, 7) is -0.199. The highest BCUT2D eigenvalue weighted by atomic mass is 32.1. The third-order valence-corrected chi connectivity index (χ3v) is 6.31. The number of thiophene rings is 1. The largest absolute Gasteiger partial charge is 0.467 e. The first-order valence-electron chi connectivity index (χ1n) is 10.6. The molecule has 4 rings (SSSR count). The maximum Gasteiger partial charge on any atom is 0.261 e. The van der Waals surface area contributed by atoms with Gasteiger partial charge in [0.1, 0.15) is 11.5 Å². The van der Waals surface area contributed by atoms with E-state index in [1.807, 2.05) is 0 Å². The lowest BCUT2D eigenvalue weighted by Gasteiger charge is -2.30. The van der Waals surface area contributed by atoms with Crippen molar-refractivity contribution in [3.63, 3.8) is 0 Å². The first kappa shape index (κ1) is 21.9. The van der Waals surface area contributed by atoms with Gasteiger partial charge >= 0.3 is 0 Å². The molecule has 0 radical (unpaired) electrons. The first-order chi connectivity index (χ1) is 15.6. The van der Waals surface area contributed by atoms with E-state index in [4.69, 9.17) is 8.83 Å². The summed E-state index contributed by atoms with van der Waals surface area (Å²) in [4.78, 5) is 40.8. The molecule has 0 saturated heterocycles. The molecule has 1 unspecified atom stereocenters. The highest BCUT2D eigenvalue weighted by Crippen LogP contribution is 2.26. The van der Waals surface area contributed by atoms with E-state index < -0.39 is 11.9 Å². The Morgan fingerprint density at radius 1 is 1.06 bits per heavy atom. The lowest BCUT2D eigenvalue weighted by atomic mass is 10.1. The van der Waals surface area contributed by atoms with Gasteiger partial charge in [-0.3, -0.25) is 14.4 Å².